The maximum atomic E-state index is 13.6. The van der Waals surface area contributed by atoms with Gasteiger partial charge in [0.15, 0.2) is 0 Å². The number of benzene rings is 3. The van der Waals surface area contributed by atoms with Gasteiger partial charge in [-0.1, -0.05) is 36.4 Å². The molecule has 3 aromatic carbocycles. The van der Waals surface area contributed by atoms with Gasteiger partial charge in [-0.2, -0.15) is 0 Å². The molecule has 142 valence electrons. The van der Waals surface area contributed by atoms with Crippen LogP contribution in [-0.2, 0) is 11.3 Å². The molecule has 6 heteroatoms. The first-order valence-electron chi connectivity index (χ1n) is 8.82. The number of hydrogen-bond donors (Lipinski definition) is 3. The number of para-hydroxylation sites is 1. The van der Waals surface area contributed by atoms with E-state index in [9.17, 15) is 14.0 Å². The Hall–Kier alpha value is -3.67. The molecule has 0 radical (unpaired) electrons. The van der Waals surface area contributed by atoms with E-state index in [2.05, 4.69) is 16.0 Å². The molecule has 0 fully saturated rings. The molecule has 0 unspecified atom stereocenters. The van der Waals surface area contributed by atoms with Crippen molar-refractivity contribution in [2.24, 2.45) is 0 Å². The minimum atomic E-state index is -0.351. The highest BCUT2D eigenvalue weighted by atomic mass is 19.1. The van der Waals surface area contributed by atoms with Crippen molar-refractivity contribution in [3.8, 4) is 0 Å². The van der Waals surface area contributed by atoms with Crippen LogP contribution < -0.4 is 16.0 Å². The SMILES string of the molecule is O=C(CNc1ccc(C(=O)NCc2ccccc2F)cc1)Nc1ccccc1. The zero-order chi connectivity index (χ0) is 19.8. The Bertz CT molecular complexity index is 944. The van der Waals surface area contributed by atoms with Gasteiger partial charge in [0, 0.05) is 29.0 Å². The highest BCUT2D eigenvalue weighted by Gasteiger charge is 2.08. The van der Waals surface area contributed by atoms with Crippen LogP contribution in [0.15, 0.2) is 78.9 Å². The quantitative estimate of drug-likeness (QED) is 0.586. The lowest BCUT2D eigenvalue weighted by atomic mass is 10.1. The zero-order valence-corrected chi connectivity index (χ0v) is 15.1. The number of hydrogen-bond acceptors (Lipinski definition) is 3. The van der Waals surface area contributed by atoms with Gasteiger partial charge in [0.1, 0.15) is 5.82 Å². The summed E-state index contributed by atoms with van der Waals surface area (Å²) in [6, 6.07) is 22.2. The van der Waals surface area contributed by atoms with Crippen LogP contribution in [0.2, 0.25) is 0 Å². The van der Waals surface area contributed by atoms with Crippen molar-refractivity contribution >= 4 is 23.2 Å². The van der Waals surface area contributed by atoms with Gasteiger partial charge in [0.05, 0.1) is 6.54 Å². The molecule has 2 amide bonds. The van der Waals surface area contributed by atoms with Crippen molar-refractivity contribution < 1.29 is 14.0 Å². The normalized spacial score (nSPS) is 10.2. The first kappa shape index (κ1) is 19.1. The number of halogens is 1. The van der Waals surface area contributed by atoms with Crippen LogP contribution in [-0.4, -0.2) is 18.4 Å². The van der Waals surface area contributed by atoms with Crippen molar-refractivity contribution in [1.29, 1.82) is 0 Å². The van der Waals surface area contributed by atoms with Gasteiger partial charge in [0.2, 0.25) is 5.91 Å². The number of rotatable bonds is 7. The highest BCUT2D eigenvalue weighted by Crippen LogP contribution is 2.11. The summed E-state index contributed by atoms with van der Waals surface area (Å²) in [4.78, 5) is 24.1. The number of carbonyl (C=O) groups excluding carboxylic acids is 2. The topological polar surface area (TPSA) is 70.2 Å². The summed E-state index contributed by atoms with van der Waals surface area (Å²) >= 11 is 0. The predicted octanol–water partition coefficient (Wildman–Crippen LogP) is 3.81. The number of carbonyl (C=O) groups is 2. The van der Waals surface area contributed by atoms with E-state index in [1.165, 1.54) is 6.07 Å². The van der Waals surface area contributed by atoms with Crippen molar-refractivity contribution in [2.45, 2.75) is 6.54 Å². The summed E-state index contributed by atoms with van der Waals surface area (Å²) in [5.41, 5.74) is 2.33. The van der Waals surface area contributed by atoms with Crippen LogP contribution in [0.3, 0.4) is 0 Å². The molecule has 28 heavy (non-hydrogen) atoms. The second-order valence-electron chi connectivity index (χ2n) is 6.12. The van der Waals surface area contributed by atoms with Crippen molar-refractivity contribution in [2.75, 3.05) is 17.2 Å². The van der Waals surface area contributed by atoms with Crippen molar-refractivity contribution in [3.05, 3.63) is 95.8 Å². The van der Waals surface area contributed by atoms with E-state index in [-0.39, 0.29) is 30.7 Å². The smallest absolute Gasteiger partial charge is 0.251 e. The fourth-order valence-corrected chi connectivity index (χ4v) is 2.57. The number of anilines is 2. The molecular weight excluding hydrogens is 357 g/mol. The third kappa shape index (κ3) is 5.41. The van der Waals surface area contributed by atoms with Crippen LogP contribution in [0.5, 0.6) is 0 Å². The van der Waals surface area contributed by atoms with Crippen LogP contribution in [0, 0.1) is 5.82 Å². The van der Waals surface area contributed by atoms with Crippen molar-refractivity contribution in [3.63, 3.8) is 0 Å². The van der Waals surface area contributed by atoms with Gasteiger partial charge in [-0.05, 0) is 42.5 Å². The van der Waals surface area contributed by atoms with Crippen LogP contribution in [0.25, 0.3) is 0 Å². The third-order valence-electron chi connectivity index (χ3n) is 4.05. The van der Waals surface area contributed by atoms with E-state index >= 15 is 0 Å². The summed E-state index contributed by atoms with van der Waals surface area (Å²) < 4.78 is 13.6. The van der Waals surface area contributed by atoms with Crippen LogP contribution >= 0.6 is 0 Å². The van der Waals surface area contributed by atoms with E-state index in [1.54, 1.807) is 42.5 Å². The largest absolute Gasteiger partial charge is 0.376 e. The lowest BCUT2D eigenvalue weighted by molar-refractivity contribution is -0.114. The van der Waals surface area contributed by atoms with E-state index in [0.29, 0.717) is 16.8 Å². The fraction of sp³-hybridized carbons (Fsp3) is 0.0909. The Morgan fingerprint density at radius 1 is 0.786 bits per heavy atom. The fourth-order valence-electron chi connectivity index (χ4n) is 2.57. The lowest BCUT2D eigenvalue weighted by Gasteiger charge is -2.09. The maximum absolute atomic E-state index is 13.6. The summed E-state index contributed by atoms with van der Waals surface area (Å²) in [5, 5.41) is 8.47. The molecule has 0 bridgehead atoms. The molecule has 0 aromatic heterocycles. The van der Waals surface area contributed by atoms with Gasteiger partial charge in [0.25, 0.3) is 5.91 Å². The first-order chi connectivity index (χ1) is 13.6. The molecular formula is C22H20FN3O2. The summed E-state index contributed by atoms with van der Waals surface area (Å²) in [5.74, 6) is -0.814. The minimum absolute atomic E-state index is 0.105. The van der Waals surface area contributed by atoms with E-state index in [4.69, 9.17) is 0 Å². The van der Waals surface area contributed by atoms with E-state index in [1.807, 2.05) is 30.3 Å². The predicted molar refractivity (Wildman–Crippen MR) is 108 cm³/mol. The molecule has 0 atom stereocenters. The summed E-state index contributed by atoms with van der Waals surface area (Å²) in [6.45, 7) is 0.221. The average molecular weight is 377 g/mol. The van der Waals surface area contributed by atoms with Gasteiger partial charge in [-0.3, -0.25) is 9.59 Å². The van der Waals surface area contributed by atoms with E-state index in [0.717, 1.165) is 5.69 Å². The second kappa shape index (κ2) is 9.32. The Morgan fingerprint density at radius 2 is 1.46 bits per heavy atom. The molecule has 5 nitrogen and oxygen atoms in total. The Balaban J connectivity index is 1.48. The first-order valence-corrected chi connectivity index (χ1v) is 8.82. The number of amides is 2. The highest BCUT2D eigenvalue weighted by molar-refractivity contribution is 5.95. The molecule has 0 aliphatic heterocycles. The summed E-state index contributed by atoms with van der Waals surface area (Å²) in [6.07, 6.45) is 0. The Kier molecular flexibility index (Phi) is 6.36. The molecule has 0 spiro atoms. The lowest BCUT2D eigenvalue weighted by Crippen LogP contribution is -2.23. The molecule has 0 aliphatic rings. The number of nitrogens with one attached hydrogen (secondary N) is 3. The monoisotopic (exact) mass is 377 g/mol. The van der Waals surface area contributed by atoms with E-state index < -0.39 is 0 Å². The van der Waals surface area contributed by atoms with Crippen LogP contribution in [0.4, 0.5) is 15.8 Å². The van der Waals surface area contributed by atoms with Gasteiger partial charge >= 0.3 is 0 Å². The molecule has 3 aromatic rings. The molecule has 0 saturated carbocycles. The Labute approximate surface area is 162 Å². The standard InChI is InChI=1S/C22H20FN3O2/c23-20-9-5-4-6-17(20)14-25-22(28)16-10-12-18(13-11-16)24-15-21(27)26-19-7-2-1-3-8-19/h1-13,24H,14-15H2,(H,25,28)(H,26,27). The second-order valence-corrected chi connectivity index (χ2v) is 6.12. The molecule has 3 N–H and O–H groups in total. The maximum Gasteiger partial charge on any atom is 0.251 e. The van der Waals surface area contributed by atoms with Gasteiger partial charge < -0.3 is 16.0 Å². The molecule has 0 aliphatic carbocycles. The summed E-state index contributed by atoms with van der Waals surface area (Å²) in [7, 11) is 0. The molecule has 3 rings (SSSR count). The van der Waals surface area contributed by atoms with Crippen molar-refractivity contribution in [1.82, 2.24) is 5.32 Å². The molecule has 0 heterocycles. The van der Waals surface area contributed by atoms with Crippen LogP contribution in [0.1, 0.15) is 15.9 Å². The van der Waals surface area contributed by atoms with Gasteiger partial charge in [-0.15, -0.1) is 0 Å². The Morgan fingerprint density at radius 3 is 2.18 bits per heavy atom. The minimum Gasteiger partial charge on any atom is -0.376 e. The van der Waals surface area contributed by atoms with Gasteiger partial charge in [-0.25, -0.2) is 4.39 Å². The molecule has 0 saturated heterocycles. The zero-order valence-electron chi connectivity index (χ0n) is 15.1. The average Bonchev–Trinajstić information content (AvgIpc) is 2.72. The third-order valence-corrected chi connectivity index (χ3v) is 4.05.